The Hall–Kier alpha value is -3.16. The lowest BCUT2D eigenvalue weighted by atomic mass is 10.0. The largest absolute Gasteiger partial charge is 0.340 e. The molecular formula is C22H19ClN4. The Morgan fingerprint density at radius 3 is 2.44 bits per heavy atom. The van der Waals surface area contributed by atoms with Crippen LogP contribution in [0.15, 0.2) is 54.2 Å². The van der Waals surface area contributed by atoms with E-state index in [2.05, 4.69) is 47.3 Å². The second kappa shape index (κ2) is 8.48. The third kappa shape index (κ3) is 4.72. The van der Waals surface area contributed by atoms with E-state index in [9.17, 15) is 0 Å². The number of benzene rings is 2. The van der Waals surface area contributed by atoms with Crippen LogP contribution in [0.25, 0.3) is 6.08 Å². The molecule has 3 aromatic rings. The van der Waals surface area contributed by atoms with Gasteiger partial charge in [-0.2, -0.15) is 5.26 Å². The van der Waals surface area contributed by atoms with Gasteiger partial charge in [-0.15, -0.1) is 0 Å². The van der Waals surface area contributed by atoms with Crippen molar-refractivity contribution >= 4 is 29.2 Å². The van der Waals surface area contributed by atoms with Gasteiger partial charge in [0.2, 0.25) is 0 Å². The van der Waals surface area contributed by atoms with Crippen molar-refractivity contribution in [1.82, 2.24) is 9.97 Å². The van der Waals surface area contributed by atoms with Crippen LogP contribution >= 0.6 is 11.6 Å². The van der Waals surface area contributed by atoms with Crippen molar-refractivity contribution < 1.29 is 0 Å². The summed E-state index contributed by atoms with van der Waals surface area (Å²) in [7, 11) is 0. The van der Waals surface area contributed by atoms with Gasteiger partial charge in [0.05, 0.1) is 11.6 Å². The van der Waals surface area contributed by atoms with Gasteiger partial charge < -0.3 is 5.32 Å². The second-order valence-corrected chi connectivity index (χ2v) is 6.54. The molecule has 1 N–H and O–H groups in total. The van der Waals surface area contributed by atoms with Gasteiger partial charge in [-0.05, 0) is 72.5 Å². The average Bonchev–Trinajstić information content (AvgIpc) is 2.66. The Morgan fingerprint density at radius 2 is 1.81 bits per heavy atom. The Balaban J connectivity index is 1.81. The molecule has 0 radical (unpaired) electrons. The number of rotatable bonds is 5. The monoisotopic (exact) mass is 374 g/mol. The van der Waals surface area contributed by atoms with E-state index < -0.39 is 0 Å². The van der Waals surface area contributed by atoms with E-state index >= 15 is 0 Å². The molecule has 0 fully saturated rings. The van der Waals surface area contributed by atoms with E-state index in [4.69, 9.17) is 16.9 Å². The first-order valence-electron chi connectivity index (χ1n) is 8.55. The van der Waals surface area contributed by atoms with E-state index in [1.165, 1.54) is 5.54 Å². The minimum absolute atomic E-state index is 0.610. The number of halogens is 1. The highest BCUT2D eigenvalue weighted by atomic mass is 35.5. The van der Waals surface area contributed by atoms with Crippen molar-refractivity contribution in [3.05, 3.63) is 87.8 Å². The summed E-state index contributed by atoms with van der Waals surface area (Å²) in [6.45, 7) is 4.11. The fourth-order valence-electron chi connectivity index (χ4n) is 2.92. The number of nitriles is 1. The lowest BCUT2D eigenvalue weighted by molar-refractivity contribution is 0.971. The fourth-order valence-corrected chi connectivity index (χ4v) is 3.07. The maximum Gasteiger partial charge on any atom is 0.135 e. The van der Waals surface area contributed by atoms with E-state index in [1.54, 1.807) is 18.3 Å². The molecule has 5 heteroatoms. The van der Waals surface area contributed by atoms with Crippen LogP contribution < -0.4 is 5.32 Å². The van der Waals surface area contributed by atoms with Gasteiger partial charge >= 0.3 is 0 Å². The van der Waals surface area contributed by atoms with Crippen molar-refractivity contribution in [2.45, 2.75) is 20.3 Å². The number of hydrogen-bond donors (Lipinski definition) is 1. The quantitative estimate of drug-likeness (QED) is 0.639. The number of anilines is 2. The Labute approximate surface area is 164 Å². The van der Waals surface area contributed by atoms with Crippen molar-refractivity contribution in [2.24, 2.45) is 0 Å². The van der Waals surface area contributed by atoms with Gasteiger partial charge in [0, 0.05) is 23.8 Å². The van der Waals surface area contributed by atoms with E-state index in [0.717, 1.165) is 39.6 Å². The number of hydrogen-bond acceptors (Lipinski definition) is 4. The van der Waals surface area contributed by atoms with E-state index in [-0.39, 0.29) is 0 Å². The molecule has 0 saturated carbocycles. The van der Waals surface area contributed by atoms with Crippen LogP contribution in [-0.4, -0.2) is 9.97 Å². The van der Waals surface area contributed by atoms with Gasteiger partial charge in [-0.3, -0.25) is 0 Å². The lowest BCUT2D eigenvalue weighted by Crippen LogP contribution is -2.03. The molecule has 0 aliphatic rings. The minimum atomic E-state index is 0.610. The van der Waals surface area contributed by atoms with Crippen LogP contribution in [0.1, 0.15) is 33.6 Å². The normalized spacial score (nSPS) is 10.7. The molecule has 0 atom stereocenters. The molecule has 3 rings (SSSR count). The zero-order chi connectivity index (χ0) is 19.2. The van der Waals surface area contributed by atoms with Gasteiger partial charge in [0.25, 0.3) is 0 Å². The minimum Gasteiger partial charge on any atom is -0.340 e. The molecule has 1 aromatic heterocycles. The number of nitrogens with zero attached hydrogens (tertiary/aromatic N) is 3. The first-order valence-corrected chi connectivity index (χ1v) is 8.98. The summed E-state index contributed by atoms with van der Waals surface area (Å²) in [5, 5.41) is 12.3. The molecule has 134 valence electrons. The SMILES string of the molecule is Cc1cc(/C=C\Cl)cc(C)c1Nc1ccnc(Cc2ccc(C#N)cc2)n1. The van der Waals surface area contributed by atoms with Crippen LogP contribution in [0.3, 0.4) is 0 Å². The van der Waals surface area contributed by atoms with Gasteiger partial charge in [0.1, 0.15) is 11.6 Å². The summed E-state index contributed by atoms with van der Waals surface area (Å²) in [6.07, 6.45) is 4.23. The summed E-state index contributed by atoms with van der Waals surface area (Å²) in [4.78, 5) is 8.99. The molecule has 0 saturated heterocycles. The van der Waals surface area contributed by atoms with Crippen LogP contribution in [0, 0.1) is 25.2 Å². The van der Waals surface area contributed by atoms with Gasteiger partial charge in [-0.1, -0.05) is 23.7 Å². The predicted octanol–water partition coefficient (Wildman–Crippen LogP) is 5.51. The van der Waals surface area contributed by atoms with Gasteiger partial charge in [-0.25, -0.2) is 9.97 Å². The smallest absolute Gasteiger partial charge is 0.135 e. The molecule has 0 aliphatic heterocycles. The predicted molar refractivity (Wildman–Crippen MR) is 110 cm³/mol. The highest BCUT2D eigenvalue weighted by Crippen LogP contribution is 2.26. The summed E-state index contributed by atoms with van der Waals surface area (Å²) in [6, 6.07) is 15.6. The van der Waals surface area contributed by atoms with Crippen molar-refractivity contribution in [3.8, 4) is 6.07 Å². The Bertz CT molecular complexity index is 994. The average molecular weight is 375 g/mol. The lowest BCUT2D eigenvalue weighted by Gasteiger charge is -2.14. The first kappa shape index (κ1) is 18.6. The Kier molecular flexibility index (Phi) is 5.85. The molecule has 4 nitrogen and oxygen atoms in total. The molecular weight excluding hydrogens is 356 g/mol. The summed E-state index contributed by atoms with van der Waals surface area (Å²) in [5.41, 5.74) is 7.56. The number of aromatic nitrogens is 2. The highest BCUT2D eigenvalue weighted by molar-refractivity contribution is 6.27. The van der Waals surface area contributed by atoms with Crippen molar-refractivity contribution in [2.75, 3.05) is 5.32 Å². The van der Waals surface area contributed by atoms with Crippen molar-refractivity contribution in [1.29, 1.82) is 5.26 Å². The van der Waals surface area contributed by atoms with Crippen LogP contribution in [-0.2, 0) is 6.42 Å². The third-order valence-corrected chi connectivity index (χ3v) is 4.34. The molecule has 27 heavy (non-hydrogen) atoms. The Morgan fingerprint density at radius 1 is 1.11 bits per heavy atom. The number of aryl methyl sites for hydroxylation is 2. The zero-order valence-corrected chi connectivity index (χ0v) is 16.0. The molecule has 0 bridgehead atoms. The second-order valence-electron chi connectivity index (χ2n) is 6.29. The summed E-state index contributed by atoms with van der Waals surface area (Å²) < 4.78 is 0. The maximum atomic E-state index is 8.89. The van der Waals surface area contributed by atoms with E-state index in [0.29, 0.717) is 12.0 Å². The van der Waals surface area contributed by atoms with Gasteiger partial charge in [0.15, 0.2) is 0 Å². The first-order chi connectivity index (χ1) is 13.1. The molecule has 2 aromatic carbocycles. The highest BCUT2D eigenvalue weighted by Gasteiger charge is 2.07. The van der Waals surface area contributed by atoms with Crippen LogP contribution in [0.2, 0.25) is 0 Å². The molecule has 0 aliphatic carbocycles. The standard InChI is InChI=1S/C22H19ClN4/c1-15-11-19(7-9-23)12-16(2)22(15)27-20-8-10-25-21(26-20)13-17-3-5-18(14-24)6-4-17/h3-12H,13H2,1-2H3,(H,25,26,27)/b9-7-. The van der Waals surface area contributed by atoms with Crippen LogP contribution in [0.5, 0.6) is 0 Å². The topological polar surface area (TPSA) is 61.6 Å². The van der Waals surface area contributed by atoms with E-state index in [1.807, 2.05) is 24.3 Å². The fraction of sp³-hybridized carbons (Fsp3) is 0.136. The molecule has 0 amide bonds. The molecule has 0 unspecified atom stereocenters. The third-order valence-electron chi connectivity index (χ3n) is 4.21. The zero-order valence-electron chi connectivity index (χ0n) is 15.2. The maximum absolute atomic E-state index is 8.89. The van der Waals surface area contributed by atoms with Crippen LogP contribution in [0.4, 0.5) is 11.5 Å². The number of nitrogens with one attached hydrogen (secondary N) is 1. The summed E-state index contributed by atoms with van der Waals surface area (Å²) >= 11 is 5.68. The summed E-state index contributed by atoms with van der Waals surface area (Å²) in [5.74, 6) is 1.47. The molecule has 0 spiro atoms. The van der Waals surface area contributed by atoms with Crippen molar-refractivity contribution in [3.63, 3.8) is 0 Å². The molecule has 1 heterocycles.